The van der Waals surface area contributed by atoms with Gasteiger partial charge in [0.2, 0.25) is 0 Å². The van der Waals surface area contributed by atoms with Gasteiger partial charge in [0, 0.05) is 17.3 Å². The molecular weight excluding hydrogens is 219 g/mol. The SMILES string of the molecule is Cc1cc(N)cc2cn(CC(F)(F)F)nc12. The normalized spacial score (nSPS) is 12.2. The number of aromatic nitrogens is 2. The minimum Gasteiger partial charge on any atom is -0.399 e. The molecule has 0 saturated heterocycles. The van der Waals surface area contributed by atoms with Crippen LogP contribution in [-0.4, -0.2) is 16.0 Å². The summed E-state index contributed by atoms with van der Waals surface area (Å²) in [6.07, 6.45) is -2.91. The van der Waals surface area contributed by atoms with Crippen molar-refractivity contribution < 1.29 is 13.2 Å². The minimum absolute atomic E-state index is 0.525. The van der Waals surface area contributed by atoms with Crippen LogP contribution in [0.5, 0.6) is 0 Å². The second-order valence-corrected chi connectivity index (χ2v) is 3.72. The number of nitrogens with zero attached hydrogens (tertiary/aromatic N) is 2. The van der Waals surface area contributed by atoms with Gasteiger partial charge in [-0.2, -0.15) is 18.3 Å². The summed E-state index contributed by atoms with van der Waals surface area (Å²) in [6.45, 7) is 0.685. The van der Waals surface area contributed by atoms with E-state index in [2.05, 4.69) is 5.10 Å². The van der Waals surface area contributed by atoms with E-state index in [9.17, 15) is 13.2 Å². The predicted octanol–water partition coefficient (Wildman–Crippen LogP) is 2.49. The van der Waals surface area contributed by atoms with Gasteiger partial charge in [0.1, 0.15) is 6.54 Å². The Hall–Kier alpha value is -1.72. The Balaban J connectivity index is 2.48. The Bertz CT molecular complexity index is 528. The molecule has 2 aromatic rings. The van der Waals surface area contributed by atoms with E-state index in [1.54, 1.807) is 19.1 Å². The summed E-state index contributed by atoms with van der Waals surface area (Å²) in [4.78, 5) is 0. The van der Waals surface area contributed by atoms with Gasteiger partial charge in [-0.15, -0.1) is 0 Å². The van der Waals surface area contributed by atoms with E-state index >= 15 is 0 Å². The number of benzene rings is 1. The maximum absolute atomic E-state index is 12.2. The van der Waals surface area contributed by atoms with Crippen molar-refractivity contribution >= 4 is 16.6 Å². The Morgan fingerprint density at radius 1 is 1.38 bits per heavy atom. The van der Waals surface area contributed by atoms with E-state index in [4.69, 9.17) is 5.73 Å². The van der Waals surface area contributed by atoms with Crippen molar-refractivity contribution in [1.82, 2.24) is 9.78 Å². The van der Waals surface area contributed by atoms with Crippen LogP contribution in [0, 0.1) is 6.92 Å². The maximum atomic E-state index is 12.2. The zero-order chi connectivity index (χ0) is 11.9. The standard InChI is InChI=1S/C10H10F3N3/c1-6-2-8(14)3-7-4-16(15-9(6)7)5-10(11,12)13/h2-4H,5,14H2,1H3. The molecule has 0 amide bonds. The Labute approximate surface area is 89.7 Å². The molecule has 0 fully saturated rings. The van der Waals surface area contributed by atoms with Gasteiger partial charge in [-0.05, 0) is 24.6 Å². The molecule has 6 heteroatoms. The van der Waals surface area contributed by atoms with Crippen LogP contribution >= 0.6 is 0 Å². The summed E-state index contributed by atoms with van der Waals surface area (Å²) in [6, 6.07) is 3.30. The molecule has 0 aliphatic heterocycles. The van der Waals surface area contributed by atoms with E-state index < -0.39 is 12.7 Å². The highest BCUT2D eigenvalue weighted by Crippen LogP contribution is 2.23. The van der Waals surface area contributed by atoms with E-state index in [1.165, 1.54) is 6.20 Å². The molecule has 0 aliphatic carbocycles. The number of aryl methyl sites for hydroxylation is 1. The fraction of sp³-hybridized carbons (Fsp3) is 0.300. The average Bonchev–Trinajstić information content (AvgIpc) is 2.43. The van der Waals surface area contributed by atoms with Gasteiger partial charge in [-0.3, -0.25) is 4.68 Å². The maximum Gasteiger partial charge on any atom is 0.408 e. The van der Waals surface area contributed by atoms with E-state index in [0.717, 1.165) is 10.2 Å². The number of anilines is 1. The highest BCUT2D eigenvalue weighted by Gasteiger charge is 2.28. The van der Waals surface area contributed by atoms with Crippen LogP contribution < -0.4 is 5.73 Å². The van der Waals surface area contributed by atoms with Crippen LogP contribution in [0.4, 0.5) is 18.9 Å². The highest BCUT2D eigenvalue weighted by atomic mass is 19.4. The first-order valence-electron chi connectivity index (χ1n) is 4.65. The number of halogens is 3. The number of fused-ring (bicyclic) bond motifs is 1. The van der Waals surface area contributed by atoms with Crippen molar-refractivity contribution in [2.24, 2.45) is 0 Å². The van der Waals surface area contributed by atoms with Crippen molar-refractivity contribution in [2.45, 2.75) is 19.6 Å². The predicted molar refractivity (Wildman–Crippen MR) is 54.9 cm³/mol. The fourth-order valence-electron chi connectivity index (χ4n) is 1.65. The van der Waals surface area contributed by atoms with Crippen LogP contribution in [-0.2, 0) is 6.54 Å². The zero-order valence-corrected chi connectivity index (χ0v) is 8.54. The van der Waals surface area contributed by atoms with Gasteiger partial charge in [0.05, 0.1) is 5.52 Å². The molecule has 0 radical (unpaired) electrons. The molecule has 0 spiro atoms. The van der Waals surface area contributed by atoms with Crippen LogP contribution in [0.15, 0.2) is 18.3 Å². The highest BCUT2D eigenvalue weighted by molar-refractivity contribution is 5.84. The number of nitrogen functional groups attached to an aromatic ring is 1. The summed E-state index contributed by atoms with van der Waals surface area (Å²) < 4.78 is 37.4. The average molecular weight is 229 g/mol. The Morgan fingerprint density at radius 2 is 2.06 bits per heavy atom. The first kappa shape index (κ1) is 10.8. The Kier molecular flexibility index (Phi) is 2.29. The number of alkyl halides is 3. The molecular formula is C10H10F3N3. The molecule has 0 bridgehead atoms. The lowest BCUT2D eigenvalue weighted by Crippen LogP contribution is -2.17. The van der Waals surface area contributed by atoms with Crippen molar-refractivity contribution in [2.75, 3.05) is 5.73 Å². The lowest BCUT2D eigenvalue weighted by molar-refractivity contribution is -0.142. The molecule has 86 valence electrons. The van der Waals surface area contributed by atoms with Crippen molar-refractivity contribution in [3.63, 3.8) is 0 Å². The monoisotopic (exact) mass is 229 g/mol. The lowest BCUT2D eigenvalue weighted by atomic mass is 10.1. The third-order valence-corrected chi connectivity index (χ3v) is 2.21. The third-order valence-electron chi connectivity index (χ3n) is 2.21. The van der Waals surface area contributed by atoms with Crippen LogP contribution in [0.1, 0.15) is 5.56 Å². The molecule has 0 aliphatic rings. The smallest absolute Gasteiger partial charge is 0.399 e. The second kappa shape index (κ2) is 3.40. The topological polar surface area (TPSA) is 43.8 Å². The summed E-state index contributed by atoms with van der Waals surface area (Å²) >= 11 is 0. The number of hydrogen-bond donors (Lipinski definition) is 1. The van der Waals surface area contributed by atoms with Crippen LogP contribution in [0.3, 0.4) is 0 Å². The summed E-state index contributed by atoms with van der Waals surface area (Å²) in [5, 5.41) is 4.51. The Morgan fingerprint density at radius 3 is 2.69 bits per heavy atom. The van der Waals surface area contributed by atoms with E-state index in [1.807, 2.05) is 0 Å². The van der Waals surface area contributed by atoms with Gasteiger partial charge in [-0.25, -0.2) is 0 Å². The molecule has 3 nitrogen and oxygen atoms in total. The first-order valence-corrected chi connectivity index (χ1v) is 4.65. The number of nitrogens with two attached hydrogens (primary N) is 1. The van der Waals surface area contributed by atoms with Crippen molar-refractivity contribution in [3.05, 3.63) is 23.9 Å². The molecule has 0 unspecified atom stereocenters. The molecule has 1 aromatic heterocycles. The molecule has 2 N–H and O–H groups in total. The van der Waals surface area contributed by atoms with Gasteiger partial charge >= 0.3 is 6.18 Å². The van der Waals surface area contributed by atoms with Gasteiger partial charge in [0.25, 0.3) is 0 Å². The van der Waals surface area contributed by atoms with Gasteiger partial charge in [0.15, 0.2) is 0 Å². The van der Waals surface area contributed by atoms with Crippen LogP contribution in [0.2, 0.25) is 0 Å². The van der Waals surface area contributed by atoms with Crippen molar-refractivity contribution in [1.29, 1.82) is 0 Å². The molecule has 0 saturated carbocycles. The van der Waals surface area contributed by atoms with Gasteiger partial charge in [-0.1, -0.05) is 0 Å². The number of hydrogen-bond acceptors (Lipinski definition) is 2. The largest absolute Gasteiger partial charge is 0.408 e. The summed E-state index contributed by atoms with van der Waals surface area (Å²) in [5.41, 5.74) is 7.45. The van der Waals surface area contributed by atoms with Crippen LogP contribution in [0.25, 0.3) is 10.9 Å². The zero-order valence-electron chi connectivity index (χ0n) is 8.54. The molecule has 1 heterocycles. The summed E-state index contributed by atoms with van der Waals surface area (Å²) in [7, 11) is 0. The molecule has 0 atom stereocenters. The lowest BCUT2D eigenvalue weighted by Gasteiger charge is -2.04. The molecule has 16 heavy (non-hydrogen) atoms. The summed E-state index contributed by atoms with van der Waals surface area (Å²) in [5.74, 6) is 0. The second-order valence-electron chi connectivity index (χ2n) is 3.72. The minimum atomic E-state index is -4.26. The van der Waals surface area contributed by atoms with Gasteiger partial charge < -0.3 is 5.73 Å². The van der Waals surface area contributed by atoms with E-state index in [0.29, 0.717) is 16.6 Å². The first-order chi connectivity index (χ1) is 7.35. The van der Waals surface area contributed by atoms with Crippen molar-refractivity contribution in [3.8, 4) is 0 Å². The molecule has 2 rings (SSSR count). The quantitative estimate of drug-likeness (QED) is 0.763. The molecule has 1 aromatic carbocycles. The van der Waals surface area contributed by atoms with E-state index in [-0.39, 0.29) is 0 Å². The third kappa shape index (κ3) is 2.10. The number of rotatable bonds is 1. The fourth-order valence-corrected chi connectivity index (χ4v) is 1.65.